The predicted octanol–water partition coefficient (Wildman–Crippen LogP) is 3.85. The van der Waals surface area contributed by atoms with Gasteiger partial charge in [-0.3, -0.25) is 4.79 Å². The van der Waals surface area contributed by atoms with E-state index in [1.807, 2.05) is 6.92 Å². The van der Waals surface area contributed by atoms with Crippen LogP contribution in [0.2, 0.25) is 0 Å². The van der Waals surface area contributed by atoms with Crippen molar-refractivity contribution in [1.29, 1.82) is 0 Å². The smallest absolute Gasteiger partial charge is 0.256 e. The molecule has 5 heteroatoms. The summed E-state index contributed by atoms with van der Waals surface area (Å²) < 4.78 is 14.3. The number of nitrogens with zero attached hydrogens (tertiary/aromatic N) is 1. The Balaban J connectivity index is 2.20. The Bertz CT molecular complexity index is 643. The van der Waals surface area contributed by atoms with Crippen LogP contribution >= 0.6 is 15.9 Å². The summed E-state index contributed by atoms with van der Waals surface area (Å²) in [5.41, 5.74) is 1.55. The van der Waals surface area contributed by atoms with Gasteiger partial charge in [-0.25, -0.2) is 9.37 Å². The van der Waals surface area contributed by atoms with E-state index in [0.29, 0.717) is 11.4 Å². The van der Waals surface area contributed by atoms with Crippen LogP contribution in [0.4, 0.5) is 10.2 Å². The molecule has 1 aromatic heterocycles. The van der Waals surface area contributed by atoms with Gasteiger partial charge >= 0.3 is 0 Å². The van der Waals surface area contributed by atoms with Crippen LogP contribution in [-0.4, -0.2) is 10.9 Å². The summed E-state index contributed by atoms with van der Waals surface area (Å²) >= 11 is 3.33. The Morgan fingerprint density at radius 2 is 2.00 bits per heavy atom. The first-order chi connectivity index (χ1) is 8.97. The maximum absolute atomic E-state index is 13.4. The van der Waals surface area contributed by atoms with E-state index in [-0.39, 0.29) is 11.5 Å². The van der Waals surface area contributed by atoms with Crippen molar-refractivity contribution < 1.29 is 9.18 Å². The third kappa shape index (κ3) is 3.17. The number of nitrogens with one attached hydrogen (secondary N) is 1. The van der Waals surface area contributed by atoms with Gasteiger partial charge in [0.1, 0.15) is 11.6 Å². The van der Waals surface area contributed by atoms with E-state index in [9.17, 15) is 9.18 Å². The molecule has 0 aliphatic heterocycles. The lowest BCUT2D eigenvalue weighted by molar-refractivity contribution is 0.102. The molecule has 2 aromatic rings. The highest BCUT2D eigenvalue weighted by Crippen LogP contribution is 2.17. The predicted molar refractivity (Wildman–Crippen MR) is 75.8 cm³/mol. The van der Waals surface area contributed by atoms with E-state index in [1.165, 1.54) is 6.07 Å². The number of aryl methyl sites for hydroxylation is 2. The summed E-state index contributed by atoms with van der Waals surface area (Å²) in [6, 6.07) is 7.85. The Hall–Kier alpha value is -1.75. The van der Waals surface area contributed by atoms with Crippen molar-refractivity contribution in [1.82, 2.24) is 4.98 Å². The van der Waals surface area contributed by atoms with Gasteiger partial charge in [-0.15, -0.1) is 0 Å². The average molecular weight is 323 g/mol. The summed E-state index contributed by atoms with van der Waals surface area (Å²) in [7, 11) is 0. The summed E-state index contributed by atoms with van der Waals surface area (Å²) in [4.78, 5) is 16.1. The van der Waals surface area contributed by atoms with Crippen molar-refractivity contribution in [2.45, 2.75) is 13.8 Å². The topological polar surface area (TPSA) is 42.0 Å². The molecule has 0 aliphatic rings. The zero-order valence-corrected chi connectivity index (χ0v) is 12.1. The van der Waals surface area contributed by atoms with Crippen LogP contribution in [-0.2, 0) is 0 Å². The first kappa shape index (κ1) is 13.7. The Kier molecular flexibility index (Phi) is 3.95. The number of rotatable bonds is 2. The molecule has 3 nitrogen and oxygen atoms in total. The van der Waals surface area contributed by atoms with Gasteiger partial charge in [0.25, 0.3) is 5.91 Å². The molecular weight excluding hydrogens is 311 g/mol. The minimum Gasteiger partial charge on any atom is -0.307 e. The molecule has 1 aromatic carbocycles. The van der Waals surface area contributed by atoms with Crippen LogP contribution in [0.25, 0.3) is 0 Å². The molecule has 0 bridgehead atoms. The number of benzene rings is 1. The van der Waals surface area contributed by atoms with Crippen LogP contribution in [0.1, 0.15) is 21.6 Å². The van der Waals surface area contributed by atoms with Crippen LogP contribution in [0.15, 0.2) is 34.8 Å². The summed E-state index contributed by atoms with van der Waals surface area (Å²) in [5.74, 6) is -0.340. The van der Waals surface area contributed by atoms with Crippen molar-refractivity contribution in [2.24, 2.45) is 0 Å². The lowest BCUT2D eigenvalue weighted by Crippen LogP contribution is -2.13. The van der Waals surface area contributed by atoms with Gasteiger partial charge < -0.3 is 5.32 Å². The maximum Gasteiger partial charge on any atom is 0.256 e. The van der Waals surface area contributed by atoms with E-state index in [0.717, 1.165) is 10.2 Å². The molecule has 1 N–H and O–H groups in total. The number of halogens is 2. The third-order valence-electron chi connectivity index (χ3n) is 2.70. The molecule has 0 atom stereocenters. The van der Waals surface area contributed by atoms with Gasteiger partial charge in [-0.2, -0.15) is 0 Å². The van der Waals surface area contributed by atoms with Crippen LogP contribution < -0.4 is 5.32 Å². The van der Waals surface area contributed by atoms with Crippen LogP contribution in [0.3, 0.4) is 0 Å². The van der Waals surface area contributed by atoms with E-state index in [4.69, 9.17) is 0 Å². The molecular formula is C14H12BrFN2O. The molecule has 0 spiro atoms. The molecule has 0 fully saturated rings. The summed E-state index contributed by atoms with van der Waals surface area (Å²) in [6.45, 7) is 3.47. The van der Waals surface area contributed by atoms with Gasteiger partial charge in [0.2, 0.25) is 0 Å². The minimum absolute atomic E-state index is 0.269. The van der Waals surface area contributed by atoms with Crippen molar-refractivity contribution in [2.75, 3.05) is 5.32 Å². The molecule has 2 rings (SSSR count). The van der Waals surface area contributed by atoms with Gasteiger partial charge in [-0.05, 0) is 59.6 Å². The first-order valence-corrected chi connectivity index (χ1v) is 6.47. The number of carbonyl (C=O) groups excluding carboxylic acids is 1. The fourth-order valence-electron chi connectivity index (χ4n) is 1.54. The van der Waals surface area contributed by atoms with Crippen molar-refractivity contribution in [3.63, 3.8) is 0 Å². The quantitative estimate of drug-likeness (QED) is 0.912. The molecule has 1 amide bonds. The minimum atomic E-state index is -0.396. The Morgan fingerprint density at radius 1 is 1.26 bits per heavy atom. The van der Waals surface area contributed by atoms with Crippen LogP contribution in [0.5, 0.6) is 0 Å². The second-order valence-electron chi connectivity index (χ2n) is 4.18. The molecule has 1 heterocycles. The number of carbonyl (C=O) groups is 1. The first-order valence-electron chi connectivity index (χ1n) is 5.68. The number of hydrogen-bond acceptors (Lipinski definition) is 2. The molecule has 19 heavy (non-hydrogen) atoms. The Morgan fingerprint density at radius 3 is 2.63 bits per heavy atom. The van der Waals surface area contributed by atoms with Crippen LogP contribution in [0, 0.1) is 19.7 Å². The zero-order chi connectivity index (χ0) is 14.0. The van der Waals surface area contributed by atoms with Gasteiger partial charge in [0.15, 0.2) is 0 Å². The highest BCUT2D eigenvalue weighted by molar-refractivity contribution is 9.10. The number of amides is 1. The monoisotopic (exact) mass is 322 g/mol. The summed E-state index contributed by atoms with van der Waals surface area (Å²) in [5, 5.41) is 2.64. The Labute approximate surface area is 119 Å². The zero-order valence-electron chi connectivity index (χ0n) is 10.5. The van der Waals surface area contributed by atoms with Crippen molar-refractivity contribution in [3.05, 3.63) is 57.4 Å². The number of aromatic nitrogens is 1. The molecule has 0 aliphatic carbocycles. The molecule has 98 valence electrons. The van der Waals surface area contributed by atoms with Crippen molar-refractivity contribution in [3.8, 4) is 0 Å². The normalized spacial score (nSPS) is 10.3. The lowest BCUT2D eigenvalue weighted by atomic mass is 10.1. The molecule has 0 saturated carbocycles. The number of hydrogen-bond donors (Lipinski definition) is 1. The lowest BCUT2D eigenvalue weighted by Gasteiger charge is -2.07. The van der Waals surface area contributed by atoms with E-state index >= 15 is 0 Å². The number of pyridine rings is 1. The average Bonchev–Trinajstić information content (AvgIpc) is 2.37. The largest absolute Gasteiger partial charge is 0.307 e. The standard InChI is InChI=1S/C14H12BrFN2O/c1-8-3-4-10(7-12(8)16)14(19)18-13-6-5-11(15)9(2)17-13/h3-7H,1-2H3,(H,17,18,19). The van der Waals surface area contributed by atoms with Gasteiger partial charge in [-0.1, -0.05) is 6.07 Å². The molecule has 0 saturated heterocycles. The van der Waals surface area contributed by atoms with E-state index in [2.05, 4.69) is 26.2 Å². The van der Waals surface area contributed by atoms with Crippen molar-refractivity contribution >= 4 is 27.7 Å². The van der Waals surface area contributed by atoms with E-state index in [1.54, 1.807) is 31.2 Å². The highest BCUT2D eigenvalue weighted by Gasteiger charge is 2.09. The second-order valence-corrected chi connectivity index (χ2v) is 5.04. The highest BCUT2D eigenvalue weighted by atomic mass is 79.9. The fraction of sp³-hybridized carbons (Fsp3) is 0.143. The molecule has 0 unspecified atom stereocenters. The third-order valence-corrected chi connectivity index (χ3v) is 3.54. The van der Waals surface area contributed by atoms with E-state index < -0.39 is 5.82 Å². The second kappa shape index (κ2) is 5.48. The number of anilines is 1. The maximum atomic E-state index is 13.4. The van der Waals surface area contributed by atoms with Gasteiger partial charge in [0, 0.05) is 10.0 Å². The van der Waals surface area contributed by atoms with Gasteiger partial charge in [0.05, 0.1) is 5.69 Å². The fourth-order valence-corrected chi connectivity index (χ4v) is 1.76. The SMILES string of the molecule is Cc1ccc(C(=O)Nc2ccc(Br)c(C)n2)cc1F. The molecule has 0 radical (unpaired) electrons. The summed E-state index contributed by atoms with van der Waals surface area (Å²) in [6.07, 6.45) is 0.